The third-order valence-corrected chi connectivity index (χ3v) is 2.84. The lowest BCUT2D eigenvalue weighted by Crippen LogP contribution is -2.29. The first-order valence-corrected chi connectivity index (χ1v) is 6.75. The first kappa shape index (κ1) is 16.3. The summed E-state index contributed by atoms with van der Waals surface area (Å²) in [6, 6.07) is 6.92. The molecule has 0 heterocycles. The summed E-state index contributed by atoms with van der Waals surface area (Å²) in [6.45, 7) is 4.00. The molecule has 1 aromatic rings. The van der Waals surface area contributed by atoms with Gasteiger partial charge in [-0.25, -0.2) is 0 Å². The maximum Gasteiger partial charge on any atom is 0.225 e. The van der Waals surface area contributed by atoms with E-state index in [9.17, 15) is 9.59 Å². The van der Waals surface area contributed by atoms with Crippen molar-refractivity contribution in [2.24, 2.45) is 0 Å². The van der Waals surface area contributed by atoms with E-state index in [0.29, 0.717) is 24.2 Å². The molecule has 2 N–H and O–H groups in total. The number of carbonyl (C=O) groups is 2. The highest BCUT2D eigenvalue weighted by Crippen LogP contribution is 2.10. The van der Waals surface area contributed by atoms with Gasteiger partial charge in [0.05, 0.1) is 0 Å². The van der Waals surface area contributed by atoms with Crippen LogP contribution in [0, 0.1) is 0 Å². The lowest BCUT2D eigenvalue weighted by atomic mass is 10.1. The van der Waals surface area contributed by atoms with Crippen molar-refractivity contribution in [2.45, 2.75) is 13.3 Å². The number of amides is 1. The zero-order valence-electron chi connectivity index (χ0n) is 12.4. The second-order valence-electron chi connectivity index (χ2n) is 4.98. The van der Waals surface area contributed by atoms with Gasteiger partial charge in [-0.2, -0.15) is 0 Å². The lowest BCUT2D eigenvalue weighted by molar-refractivity contribution is -0.116. The maximum atomic E-state index is 11.7. The van der Waals surface area contributed by atoms with E-state index in [-0.39, 0.29) is 11.7 Å². The van der Waals surface area contributed by atoms with Crippen LogP contribution in [0.25, 0.3) is 0 Å². The van der Waals surface area contributed by atoms with Crippen LogP contribution in [0.15, 0.2) is 24.3 Å². The topological polar surface area (TPSA) is 61.4 Å². The van der Waals surface area contributed by atoms with Crippen molar-refractivity contribution in [3.8, 4) is 0 Å². The van der Waals surface area contributed by atoms with Crippen molar-refractivity contribution in [2.75, 3.05) is 39.0 Å². The number of rotatable bonds is 8. The summed E-state index contributed by atoms with van der Waals surface area (Å²) in [5.41, 5.74) is 1.36. The second kappa shape index (κ2) is 8.45. The number of carbonyl (C=O) groups excluding carboxylic acids is 2. The fourth-order valence-corrected chi connectivity index (χ4v) is 1.64. The minimum atomic E-state index is -0.0297. The van der Waals surface area contributed by atoms with E-state index in [0.717, 1.165) is 13.1 Å². The summed E-state index contributed by atoms with van der Waals surface area (Å²) in [7, 11) is 4.03. The predicted molar refractivity (Wildman–Crippen MR) is 81.1 cm³/mol. The van der Waals surface area contributed by atoms with Crippen LogP contribution in [-0.2, 0) is 4.79 Å². The van der Waals surface area contributed by atoms with Gasteiger partial charge in [-0.1, -0.05) is 0 Å². The molecule has 0 bridgehead atoms. The van der Waals surface area contributed by atoms with E-state index < -0.39 is 0 Å². The van der Waals surface area contributed by atoms with Crippen molar-refractivity contribution in [3.05, 3.63) is 29.8 Å². The predicted octanol–water partition coefficient (Wildman–Crippen LogP) is 1.37. The Hall–Kier alpha value is -1.72. The molecule has 0 aliphatic heterocycles. The first-order valence-electron chi connectivity index (χ1n) is 6.75. The summed E-state index contributed by atoms with van der Waals surface area (Å²) in [6.07, 6.45) is 0.432. The van der Waals surface area contributed by atoms with Gasteiger partial charge < -0.3 is 15.5 Å². The van der Waals surface area contributed by atoms with Crippen LogP contribution in [0.3, 0.4) is 0 Å². The number of anilines is 1. The number of Topliss-reactive ketones (excluding diaryl/α,β-unsaturated/α-hetero) is 1. The lowest BCUT2D eigenvalue weighted by Gasteiger charge is -2.10. The zero-order valence-corrected chi connectivity index (χ0v) is 12.4. The summed E-state index contributed by atoms with van der Waals surface area (Å²) in [5, 5.41) is 6.02. The average molecular weight is 277 g/mol. The average Bonchev–Trinajstić information content (AvgIpc) is 2.38. The molecule has 0 aromatic heterocycles. The fraction of sp³-hybridized carbons (Fsp3) is 0.467. The third kappa shape index (κ3) is 6.45. The number of nitrogens with one attached hydrogen (secondary N) is 2. The number of hydrogen-bond acceptors (Lipinski definition) is 4. The molecule has 0 spiro atoms. The quantitative estimate of drug-likeness (QED) is 0.556. The van der Waals surface area contributed by atoms with Gasteiger partial charge in [-0.3, -0.25) is 9.59 Å². The molecular weight excluding hydrogens is 254 g/mol. The highest BCUT2D eigenvalue weighted by molar-refractivity contribution is 5.95. The molecule has 0 saturated heterocycles. The van der Waals surface area contributed by atoms with Crippen LogP contribution < -0.4 is 10.6 Å². The summed E-state index contributed by atoms with van der Waals surface area (Å²) in [5.74, 6) is -0.00843. The van der Waals surface area contributed by atoms with Crippen LogP contribution in [0.5, 0.6) is 0 Å². The van der Waals surface area contributed by atoms with Crippen LogP contribution in [-0.4, -0.2) is 50.3 Å². The molecule has 0 unspecified atom stereocenters. The van der Waals surface area contributed by atoms with Crippen LogP contribution in [0.2, 0.25) is 0 Å². The van der Waals surface area contributed by atoms with Gasteiger partial charge >= 0.3 is 0 Å². The molecule has 0 aliphatic rings. The number of ketones is 1. The highest BCUT2D eigenvalue weighted by atomic mass is 16.1. The summed E-state index contributed by atoms with van der Waals surface area (Å²) >= 11 is 0. The van der Waals surface area contributed by atoms with Crippen molar-refractivity contribution >= 4 is 17.4 Å². The molecule has 0 radical (unpaired) electrons. The van der Waals surface area contributed by atoms with Gasteiger partial charge in [0.1, 0.15) is 0 Å². The summed E-state index contributed by atoms with van der Waals surface area (Å²) < 4.78 is 0. The van der Waals surface area contributed by atoms with E-state index in [4.69, 9.17) is 0 Å². The van der Waals surface area contributed by atoms with Crippen molar-refractivity contribution in [1.29, 1.82) is 0 Å². The van der Waals surface area contributed by atoms with Gasteiger partial charge in [-0.15, -0.1) is 0 Å². The van der Waals surface area contributed by atoms with E-state index in [1.54, 1.807) is 24.3 Å². The Bertz CT molecular complexity index is 441. The minimum absolute atomic E-state index is 0.0213. The van der Waals surface area contributed by atoms with E-state index in [2.05, 4.69) is 15.5 Å². The number of likely N-dealkylation sites (N-methyl/N-ethyl adjacent to an activating group) is 1. The molecular formula is C15H23N3O2. The highest BCUT2D eigenvalue weighted by Gasteiger charge is 2.03. The van der Waals surface area contributed by atoms with Crippen LogP contribution in [0.4, 0.5) is 5.69 Å². The Morgan fingerprint density at radius 2 is 1.75 bits per heavy atom. The molecule has 0 fully saturated rings. The molecule has 1 rings (SSSR count). The Morgan fingerprint density at radius 3 is 2.30 bits per heavy atom. The minimum Gasteiger partial charge on any atom is -0.326 e. The van der Waals surface area contributed by atoms with Gasteiger partial charge in [0.2, 0.25) is 5.91 Å². The molecule has 0 aliphatic carbocycles. The molecule has 5 nitrogen and oxygen atoms in total. The number of nitrogens with zero attached hydrogens (tertiary/aromatic N) is 1. The fourth-order valence-electron chi connectivity index (χ4n) is 1.64. The molecule has 1 amide bonds. The standard InChI is InChI=1S/C15H23N3O2/c1-12(19)13-4-6-14(7-5-13)17-15(20)8-9-16-10-11-18(2)3/h4-7,16H,8-11H2,1-3H3,(H,17,20). The SMILES string of the molecule is CC(=O)c1ccc(NC(=O)CCNCCN(C)C)cc1. The van der Waals surface area contributed by atoms with Gasteiger partial charge in [0.25, 0.3) is 0 Å². The van der Waals surface area contributed by atoms with E-state index in [1.807, 2.05) is 14.1 Å². The zero-order chi connectivity index (χ0) is 15.0. The number of benzene rings is 1. The van der Waals surface area contributed by atoms with Gasteiger partial charge in [0.15, 0.2) is 5.78 Å². The van der Waals surface area contributed by atoms with Crippen molar-refractivity contribution in [1.82, 2.24) is 10.2 Å². The largest absolute Gasteiger partial charge is 0.326 e. The Kier molecular flexibility index (Phi) is 6.90. The molecule has 0 saturated carbocycles. The third-order valence-electron chi connectivity index (χ3n) is 2.84. The van der Waals surface area contributed by atoms with Crippen molar-refractivity contribution in [3.63, 3.8) is 0 Å². The molecule has 5 heteroatoms. The first-order chi connectivity index (χ1) is 9.49. The van der Waals surface area contributed by atoms with Crippen molar-refractivity contribution < 1.29 is 9.59 Å². The normalized spacial score (nSPS) is 10.6. The molecule has 110 valence electrons. The monoisotopic (exact) mass is 277 g/mol. The molecule has 20 heavy (non-hydrogen) atoms. The summed E-state index contributed by atoms with van der Waals surface area (Å²) in [4.78, 5) is 24.9. The Morgan fingerprint density at radius 1 is 1.10 bits per heavy atom. The van der Waals surface area contributed by atoms with E-state index >= 15 is 0 Å². The van der Waals surface area contributed by atoms with Gasteiger partial charge in [0, 0.05) is 37.3 Å². The Labute approximate surface area is 120 Å². The molecule has 0 atom stereocenters. The smallest absolute Gasteiger partial charge is 0.225 e. The Balaban J connectivity index is 2.26. The second-order valence-corrected chi connectivity index (χ2v) is 4.98. The maximum absolute atomic E-state index is 11.7. The van der Waals surface area contributed by atoms with Crippen LogP contribution in [0.1, 0.15) is 23.7 Å². The number of hydrogen-bond donors (Lipinski definition) is 2. The van der Waals surface area contributed by atoms with E-state index in [1.165, 1.54) is 6.92 Å². The van der Waals surface area contributed by atoms with Crippen LogP contribution >= 0.6 is 0 Å². The van der Waals surface area contributed by atoms with Gasteiger partial charge in [-0.05, 0) is 45.3 Å². The molecule has 1 aromatic carbocycles.